The second kappa shape index (κ2) is 9.48. The summed E-state index contributed by atoms with van der Waals surface area (Å²) in [5.74, 6) is 2.29. The summed E-state index contributed by atoms with van der Waals surface area (Å²) in [4.78, 5) is 14.3. The van der Waals surface area contributed by atoms with Crippen LogP contribution in [0, 0.1) is 17.3 Å². The number of nitrogens with zero attached hydrogens (tertiary/aromatic N) is 4. The number of hydrogen-bond donors (Lipinski definition) is 0. The first kappa shape index (κ1) is 24.0. The van der Waals surface area contributed by atoms with Crippen LogP contribution in [-0.4, -0.2) is 34.0 Å². The van der Waals surface area contributed by atoms with Crippen molar-refractivity contribution in [3.8, 4) is 0 Å². The van der Waals surface area contributed by atoms with Crippen molar-refractivity contribution >= 4 is 28.0 Å². The molecule has 2 atom stereocenters. The third kappa shape index (κ3) is 4.58. The molecule has 0 N–H and O–H groups in total. The summed E-state index contributed by atoms with van der Waals surface area (Å²) in [6, 6.07) is 15.4. The van der Waals surface area contributed by atoms with E-state index in [0.29, 0.717) is 17.4 Å². The molecule has 0 amide bonds. The lowest BCUT2D eigenvalue weighted by Gasteiger charge is -2.41. The van der Waals surface area contributed by atoms with E-state index >= 15 is 0 Å². The smallest absolute Gasteiger partial charge is 0.128 e. The highest BCUT2D eigenvalue weighted by Gasteiger charge is 2.33. The first-order valence-electron chi connectivity index (χ1n) is 13.9. The number of anilines is 1. The van der Waals surface area contributed by atoms with Crippen LogP contribution in [0.2, 0.25) is 0 Å². The summed E-state index contributed by atoms with van der Waals surface area (Å²) >= 11 is 0. The van der Waals surface area contributed by atoms with Crippen molar-refractivity contribution < 1.29 is 0 Å². The minimum atomic E-state index is 0.308. The molecular formula is C33H38N4. The maximum absolute atomic E-state index is 4.91. The average Bonchev–Trinajstić information content (AvgIpc) is 3.24. The molecule has 0 spiro atoms. The number of benzene rings is 1. The highest BCUT2D eigenvalue weighted by molar-refractivity contribution is 5.92. The minimum Gasteiger partial charge on any atom is -0.357 e. The van der Waals surface area contributed by atoms with Crippen molar-refractivity contribution in [1.82, 2.24) is 14.9 Å². The number of pyridine rings is 2. The highest BCUT2D eigenvalue weighted by Crippen LogP contribution is 2.41. The van der Waals surface area contributed by atoms with Crippen LogP contribution in [0.5, 0.6) is 0 Å². The van der Waals surface area contributed by atoms with E-state index in [9.17, 15) is 0 Å². The molecule has 6 rings (SSSR count). The number of hydrogen-bond acceptors (Lipinski definition) is 4. The van der Waals surface area contributed by atoms with Gasteiger partial charge in [0.1, 0.15) is 5.82 Å². The molecule has 2 aromatic heterocycles. The fraction of sp³-hybridized carbons (Fsp3) is 0.394. The van der Waals surface area contributed by atoms with Crippen molar-refractivity contribution in [2.24, 2.45) is 17.3 Å². The molecule has 3 aliphatic rings. The van der Waals surface area contributed by atoms with Gasteiger partial charge in [-0.1, -0.05) is 58.0 Å². The monoisotopic (exact) mass is 490 g/mol. The third-order valence-corrected chi connectivity index (χ3v) is 8.52. The summed E-state index contributed by atoms with van der Waals surface area (Å²) in [6.07, 6.45) is 17.0. The summed E-state index contributed by atoms with van der Waals surface area (Å²) in [7, 11) is 0. The van der Waals surface area contributed by atoms with E-state index in [0.717, 1.165) is 30.3 Å². The van der Waals surface area contributed by atoms with Crippen LogP contribution in [0.3, 0.4) is 0 Å². The number of fused-ring (bicyclic) bond motifs is 2. The molecule has 0 aliphatic carbocycles. The average molecular weight is 491 g/mol. The zero-order valence-corrected chi connectivity index (χ0v) is 22.6. The van der Waals surface area contributed by atoms with E-state index in [4.69, 9.17) is 4.98 Å². The SMILES string of the molecule is CC(C)CC1(C)CCN(c2ccc(C3=CC4C(C)C=C(c5cccc6ncccc56)N4C=C3)cn2)CC1. The van der Waals surface area contributed by atoms with Crippen LogP contribution >= 0.6 is 0 Å². The molecule has 190 valence electrons. The molecular weight excluding hydrogens is 452 g/mol. The number of rotatable bonds is 5. The standard InChI is InChI=1S/C33H38N4/c1-23(2)21-33(4)13-17-36(18-14-33)32-11-10-26(22-35-32)25-12-16-37-30(20-25)24(3)19-31(37)28-7-5-9-29-27(28)8-6-15-34-29/h5-12,15-16,19-20,22-24,30H,13-14,17-18,21H2,1-4H3. The molecule has 4 heteroatoms. The van der Waals surface area contributed by atoms with Crippen molar-refractivity contribution in [2.45, 2.75) is 53.0 Å². The first-order valence-corrected chi connectivity index (χ1v) is 13.9. The van der Waals surface area contributed by atoms with Gasteiger partial charge in [0.2, 0.25) is 0 Å². The van der Waals surface area contributed by atoms with Crippen molar-refractivity contribution in [1.29, 1.82) is 0 Å². The Morgan fingerprint density at radius 3 is 2.59 bits per heavy atom. The van der Waals surface area contributed by atoms with Crippen LogP contribution in [0.25, 0.3) is 22.2 Å². The van der Waals surface area contributed by atoms with Crippen LogP contribution in [-0.2, 0) is 0 Å². The highest BCUT2D eigenvalue weighted by atomic mass is 15.2. The lowest BCUT2D eigenvalue weighted by Crippen LogP contribution is -2.39. The largest absolute Gasteiger partial charge is 0.357 e. The summed E-state index contributed by atoms with van der Waals surface area (Å²) in [5, 5.41) is 1.20. The van der Waals surface area contributed by atoms with E-state index in [1.165, 1.54) is 47.0 Å². The van der Waals surface area contributed by atoms with Gasteiger partial charge < -0.3 is 9.80 Å². The van der Waals surface area contributed by atoms with Crippen LogP contribution < -0.4 is 4.90 Å². The van der Waals surface area contributed by atoms with Gasteiger partial charge in [-0.25, -0.2) is 4.98 Å². The molecule has 2 unspecified atom stereocenters. The molecule has 0 saturated carbocycles. The number of piperidine rings is 1. The van der Waals surface area contributed by atoms with Gasteiger partial charge >= 0.3 is 0 Å². The van der Waals surface area contributed by atoms with E-state index in [2.05, 4.69) is 110 Å². The van der Waals surface area contributed by atoms with E-state index in [-0.39, 0.29) is 0 Å². The minimum absolute atomic E-state index is 0.308. The molecule has 1 saturated heterocycles. The first-order chi connectivity index (χ1) is 17.9. The molecule has 0 radical (unpaired) electrons. The Labute approximate surface area is 221 Å². The Bertz CT molecular complexity index is 1370. The lowest BCUT2D eigenvalue weighted by molar-refractivity contribution is 0.199. The van der Waals surface area contributed by atoms with Gasteiger partial charge in [-0.15, -0.1) is 0 Å². The zero-order chi connectivity index (χ0) is 25.6. The van der Waals surface area contributed by atoms with Gasteiger partial charge in [-0.2, -0.15) is 0 Å². The van der Waals surface area contributed by atoms with Gasteiger partial charge in [0.05, 0.1) is 11.6 Å². The fourth-order valence-electron chi connectivity index (χ4n) is 6.62. The summed E-state index contributed by atoms with van der Waals surface area (Å²) in [5.41, 5.74) is 6.48. The molecule has 4 nitrogen and oxygen atoms in total. The zero-order valence-electron chi connectivity index (χ0n) is 22.6. The maximum atomic E-state index is 4.91. The van der Waals surface area contributed by atoms with Gasteiger partial charge in [0.25, 0.3) is 0 Å². The molecule has 1 fully saturated rings. The number of allylic oxidation sites excluding steroid dienone is 2. The molecule has 37 heavy (non-hydrogen) atoms. The van der Waals surface area contributed by atoms with Crippen molar-refractivity contribution in [2.75, 3.05) is 18.0 Å². The van der Waals surface area contributed by atoms with Gasteiger partial charge in [-0.05, 0) is 72.1 Å². The fourth-order valence-corrected chi connectivity index (χ4v) is 6.62. The topological polar surface area (TPSA) is 32.3 Å². The van der Waals surface area contributed by atoms with Crippen molar-refractivity contribution in [3.05, 3.63) is 90.4 Å². The molecule has 1 aromatic carbocycles. The van der Waals surface area contributed by atoms with E-state index in [1.54, 1.807) is 0 Å². The third-order valence-electron chi connectivity index (χ3n) is 8.52. The van der Waals surface area contributed by atoms with Gasteiger partial charge in [0.15, 0.2) is 0 Å². The summed E-state index contributed by atoms with van der Waals surface area (Å²) < 4.78 is 0. The molecule has 3 aliphatic heterocycles. The van der Waals surface area contributed by atoms with Crippen LogP contribution in [0.4, 0.5) is 5.82 Å². The maximum Gasteiger partial charge on any atom is 0.128 e. The van der Waals surface area contributed by atoms with Gasteiger partial charge in [0, 0.05) is 54.2 Å². The second-order valence-corrected chi connectivity index (χ2v) is 11.9. The van der Waals surface area contributed by atoms with Crippen molar-refractivity contribution in [3.63, 3.8) is 0 Å². The molecule has 5 heterocycles. The van der Waals surface area contributed by atoms with E-state index in [1.807, 2.05) is 12.3 Å². The number of aromatic nitrogens is 2. The quantitative estimate of drug-likeness (QED) is 0.369. The molecule has 3 aromatic rings. The Morgan fingerprint density at radius 2 is 1.84 bits per heavy atom. The van der Waals surface area contributed by atoms with E-state index < -0.39 is 0 Å². The normalized spacial score (nSPS) is 22.8. The molecule has 0 bridgehead atoms. The predicted molar refractivity (Wildman–Crippen MR) is 155 cm³/mol. The summed E-state index contributed by atoms with van der Waals surface area (Å²) in [6.45, 7) is 11.7. The van der Waals surface area contributed by atoms with Crippen LogP contribution in [0.1, 0.15) is 58.1 Å². The van der Waals surface area contributed by atoms with Crippen LogP contribution in [0.15, 0.2) is 79.3 Å². The Hall–Kier alpha value is -3.40. The lowest BCUT2D eigenvalue weighted by atomic mass is 9.74. The Kier molecular flexibility index (Phi) is 6.14. The Balaban J connectivity index is 1.18. The Morgan fingerprint density at radius 1 is 1.00 bits per heavy atom. The second-order valence-electron chi connectivity index (χ2n) is 11.9. The van der Waals surface area contributed by atoms with Gasteiger partial charge in [-0.3, -0.25) is 4.98 Å². The predicted octanol–water partition coefficient (Wildman–Crippen LogP) is 7.55.